The highest BCUT2D eigenvalue weighted by Crippen LogP contribution is 2.03. The van der Waals surface area contributed by atoms with Crippen molar-refractivity contribution in [3.05, 3.63) is 30.3 Å². The summed E-state index contributed by atoms with van der Waals surface area (Å²) in [7, 11) is 0. The normalized spacial score (nSPS) is 7.11. The zero-order valence-electron chi connectivity index (χ0n) is 9.11. The number of hydrogen-bond donors (Lipinski definition) is 5. The van der Waals surface area contributed by atoms with E-state index in [1.807, 2.05) is 6.07 Å². The number of benzene rings is 1. The van der Waals surface area contributed by atoms with Crippen LogP contribution < -0.4 is 11.5 Å². The number of aromatic hydroxyl groups is 1. The molecule has 0 aromatic heterocycles. The molecule has 0 heterocycles. The van der Waals surface area contributed by atoms with E-state index in [1.54, 1.807) is 29.4 Å². The topological polar surface area (TPSA) is 120 Å². The van der Waals surface area contributed by atoms with Gasteiger partial charge in [0.2, 0.25) is 0 Å². The van der Waals surface area contributed by atoms with Crippen LogP contribution in [-0.2, 0) is 0 Å². The van der Waals surface area contributed by atoms with Gasteiger partial charge in [-0.3, -0.25) is 5.41 Å². The highest BCUT2D eigenvalue weighted by Gasteiger charge is 1.79. The molecular formula is C9H13Cl3N4OS. The Morgan fingerprint density at radius 1 is 1.22 bits per heavy atom. The fourth-order valence-electron chi connectivity index (χ4n) is 0.428. The van der Waals surface area contributed by atoms with Crippen molar-refractivity contribution in [3.63, 3.8) is 0 Å². The smallest absolute Gasteiger partial charge is 0.183 e. The number of nitrogens with two attached hydrogens (primary N) is 2. The van der Waals surface area contributed by atoms with Gasteiger partial charge in [-0.1, -0.05) is 53.0 Å². The first-order chi connectivity index (χ1) is 8.27. The Morgan fingerprint density at radius 2 is 1.44 bits per heavy atom. The molecule has 0 spiro atoms. The van der Waals surface area contributed by atoms with Gasteiger partial charge in [-0.15, -0.1) is 0 Å². The van der Waals surface area contributed by atoms with Crippen LogP contribution in [0.1, 0.15) is 0 Å². The third-order valence-corrected chi connectivity index (χ3v) is 0.756. The Labute approximate surface area is 126 Å². The summed E-state index contributed by atoms with van der Waals surface area (Å²) in [6.07, 6.45) is 0. The maximum absolute atomic E-state index is 8.63. The summed E-state index contributed by atoms with van der Waals surface area (Å²) in [4.78, 5) is 0. The molecule has 0 amide bonds. The molecular weight excluding hydrogens is 319 g/mol. The summed E-state index contributed by atoms with van der Waals surface area (Å²) in [6, 6.07) is 8.71. The zero-order chi connectivity index (χ0) is 15.0. The minimum atomic E-state index is -0.750. The van der Waals surface area contributed by atoms with E-state index in [0.717, 1.165) is 0 Å². The first-order valence-electron chi connectivity index (χ1n) is 4.07. The van der Waals surface area contributed by atoms with Gasteiger partial charge in [-0.2, -0.15) is 0 Å². The molecule has 0 bridgehead atoms. The van der Waals surface area contributed by atoms with Crippen molar-refractivity contribution >= 4 is 58.1 Å². The van der Waals surface area contributed by atoms with Crippen molar-refractivity contribution in [2.24, 2.45) is 11.5 Å². The fourth-order valence-corrected chi connectivity index (χ4v) is 0.428. The summed E-state index contributed by atoms with van der Waals surface area (Å²) < 4.78 is -0.750. The number of para-hydroxylation sites is 1. The summed E-state index contributed by atoms with van der Waals surface area (Å²) >= 11 is 18.2. The lowest BCUT2D eigenvalue weighted by atomic mass is 10.3. The van der Waals surface area contributed by atoms with Crippen LogP contribution >= 0.6 is 47.0 Å². The van der Waals surface area contributed by atoms with E-state index in [4.69, 9.17) is 50.7 Å². The van der Waals surface area contributed by atoms with Gasteiger partial charge in [0.05, 0.1) is 5.16 Å². The number of hydrogen-bond acceptors (Lipinski definition) is 4. The first-order valence-corrected chi connectivity index (χ1v) is 5.79. The van der Waals surface area contributed by atoms with Gasteiger partial charge in [0.15, 0.2) is 10.3 Å². The van der Waals surface area contributed by atoms with Crippen LogP contribution in [0.4, 0.5) is 0 Å². The number of alkyl halides is 3. The van der Waals surface area contributed by atoms with Crippen LogP contribution in [0, 0.1) is 10.8 Å². The summed E-state index contributed by atoms with van der Waals surface area (Å²) in [5, 5.41) is 22.0. The molecule has 0 aliphatic heterocycles. The SMILES string of the molecule is ClC(Cl)Cl.N=C(N)N.N=C=S.Oc1ccccc1. The lowest BCUT2D eigenvalue weighted by Gasteiger charge is -1.82. The van der Waals surface area contributed by atoms with Gasteiger partial charge in [-0.05, 0) is 24.4 Å². The summed E-state index contributed by atoms with van der Waals surface area (Å²) in [5.41, 5.74) is 8.94. The Morgan fingerprint density at radius 3 is 1.56 bits per heavy atom. The molecule has 5 nitrogen and oxygen atoms in total. The third-order valence-electron chi connectivity index (χ3n) is 0.756. The van der Waals surface area contributed by atoms with Gasteiger partial charge in [0, 0.05) is 0 Å². The zero-order valence-corrected chi connectivity index (χ0v) is 12.2. The van der Waals surface area contributed by atoms with E-state index in [1.165, 1.54) is 0 Å². The maximum atomic E-state index is 8.63. The molecule has 18 heavy (non-hydrogen) atoms. The van der Waals surface area contributed by atoms with Crippen molar-refractivity contribution in [2.75, 3.05) is 0 Å². The average Bonchev–Trinajstić information content (AvgIpc) is 2.18. The van der Waals surface area contributed by atoms with E-state index in [2.05, 4.69) is 23.7 Å². The van der Waals surface area contributed by atoms with Crippen molar-refractivity contribution in [3.8, 4) is 5.75 Å². The lowest BCUT2D eigenvalue weighted by molar-refractivity contribution is 0.475. The second-order valence-electron chi connectivity index (χ2n) is 2.14. The van der Waals surface area contributed by atoms with Gasteiger partial charge in [0.25, 0.3) is 0 Å². The van der Waals surface area contributed by atoms with Crippen LogP contribution in [0.5, 0.6) is 5.75 Å². The van der Waals surface area contributed by atoms with Crippen LogP contribution in [-0.4, -0.2) is 20.5 Å². The van der Waals surface area contributed by atoms with E-state index >= 15 is 0 Å². The highest BCUT2D eigenvalue weighted by atomic mass is 35.6. The molecule has 0 saturated carbocycles. The number of phenolic OH excluding ortho intramolecular Hbond substituents is 1. The van der Waals surface area contributed by atoms with E-state index in [9.17, 15) is 0 Å². The van der Waals surface area contributed by atoms with Gasteiger partial charge < -0.3 is 16.6 Å². The van der Waals surface area contributed by atoms with Crippen molar-refractivity contribution in [1.29, 1.82) is 10.8 Å². The van der Waals surface area contributed by atoms with Gasteiger partial charge in [-0.25, -0.2) is 5.41 Å². The standard InChI is InChI=1S/C6H6O.CHCl3.CH5N3.CHNS/c7-6-4-2-1-3-5-6;2*2-1(3)4;2-1-3/h1-5,7H;1H;(H5,2,3,4);2H. The highest BCUT2D eigenvalue weighted by molar-refractivity contribution is 7.78. The van der Waals surface area contributed by atoms with Crippen LogP contribution in [0.3, 0.4) is 0 Å². The third kappa shape index (κ3) is 60.2. The number of halogens is 3. The molecule has 1 aromatic rings. The Balaban J connectivity index is -0.000000180. The molecule has 0 fully saturated rings. The van der Waals surface area contributed by atoms with E-state index in [0.29, 0.717) is 5.75 Å². The summed E-state index contributed by atoms with van der Waals surface area (Å²) in [6.45, 7) is 0. The number of isothiocyanates is 1. The largest absolute Gasteiger partial charge is 0.508 e. The van der Waals surface area contributed by atoms with E-state index in [-0.39, 0.29) is 5.96 Å². The fraction of sp³-hybridized carbons (Fsp3) is 0.111. The lowest BCUT2D eigenvalue weighted by Crippen LogP contribution is -2.20. The van der Waals surface area contributed by atoms with Gasteiger partial charge >= 0.3 is 0 Å². The predicted octanol–water partition coefficient (Wildman–Crippen LogP) is 2.89. The Kier molecular flexibility index (Phi) is 22.6. The minimum absolute atomic E-state index is 0.322. The quantitative estimate of drug-likeness (QED) is 0.217. The molecule has 0 saturated heterocycles. The molecule has 0 unspecified atom stereocenters. The number of nitrogens with one attached hydrogen (secondary N) is 2. The second-order valence-corrected chi connectivity index (χ2v) is 4.32. The van der Waals surface area contributed by atoms with Crippen LogP contribution in [0.25, 0.3) is 0 Å². The Hall–Kier alpha value is -1.04. The average molecular weight is 332 g/mol. The number of thiocarbonyl (C=S) groups is 1. The van der Waals surface area contributed by atoms with Gasteiger partial charge in [0.1, 0.15) is 5.75 Å². The number of rotatable bonds is 0. The minimum Gasteiger partial charge on any atom is -0.508 e. The van der Waals surface area contributed by atoms with Crippen molar-refractivity contribution in [2.45, 2.75) is 4.30 Å². The molecule has 1 aromatic carbocycles. The molecule has 7 N–H and O–H groups in total. The monoisotopic (exact) mass is 330 g/mol. The molecule has 0 radical (unpaired) electrons. The maximum Gasteiger partial charge on any atom is 0.183 e. The van der Waals surface area contributed by atoms with Crippen LogP contribution in [0.15, 0.2) is 30.3 Å². The van der Waals surface area contributed by atoms with Crippen LogP contribution in [0.2, 0.25) is 0 Å². The molecule has 0 atom stereocenters. The Bertz CT molecular complexity index is 325. The van der Waals surface area contributed by atoms with Crippen molar-refractivity contribution in [1.82, 2.24) is 0 Å². The molecule has 102 valence electrons. The van der Waals surface area contributed by atoms with Crippen molar-refractivity contribution < 1.29 is 5.11 Å². The predicted molar refractivity (Wildman–Crippen MR) is 80.9 cm³/mol. The molecule has 0 aliphatic carbocycles. The number of phenols is 1. The number of guanidine groups is 1. The molecule has 0 aliphatic rings. The molecule has 9 heteroatoms. The first kappa shape index (κ1) is 22.2. The second kappa shape index (κ2) is 18.3. The van der Waals surface area contributed by atoms with E-state index < -0.39 is 4.30 Å². The molecule has 1 rings (SSSR count). The summed E-state index contributed by atoms with van der Waals surface area (Å²) in [5.74, 6) is -0.0116.